The maximum absolute atomic E-state index is 12.9. The average molecular weight is 350 g/mol. The molecule has 2 bridgehead atoms. The highest BCUT2D eigenvalue weighted by Gasteiger charge is 2.60. The minimum atomic E-state index is -0.216. The molecule has 2 aromatic rings. The first-order valence-electron chi connectivity index (χ1n) is 8.21. The highest BCUT2D eigenvalue weighted by Crippen LogP contribution is 2.53. The smallest absolute Gasteiger partial charge is 0.240 e. The Morgan fingerprint density at radius 2 is 1.96 bits per heavy atom. The van der Waals surface area contributed by atoms with Crippen LogP contribution in [0.5, 0.6) is 5.75 Å². The van der Waals surface area contributed by atoms with E-state index in [-0.39, 0.29) is 42.1 Å². The fraction of sp³-hybridized carbons (Fsp3) is 0.316. The number of aromatic nitrogens is 1. The molecule has 25 heavy (non-hydrogen) atoms. The van der Waals surface area contributed by atoms with Crippen LogP contribution in [0.2, 0.25) is 0 Å². The summed E-state index contributed by atoms with van der Waals surface area (Å²) in [6, 6.07) is 5.54. The van der Waals surface area contributed by atoms with Gasteiger partial charge in [-0.1, -0.05) is 35.5 Å². The molecule has 1 saturated carbocycles. The number of allylic oxidation sites excluding steroid dienone is 2. The number of imide groups is 1. The second-order valence-corrected chi connectivity index (χ2v) is 7.61. The zero-order valence-corrected chi connectivity index (χ0v) is 14.0. The van der Waals surface area contributed by atoms with Crippen molar-refractivity contribution < 1.29 is 14.3 Å². The van der Waals surface area contributed by atoms with Gasteiger partial charge in [-0.05, 0) is 30.4 Å². The van der Waals surface area contributed by atoms with E-state index in [0.29, 0.717) is 16.4 Å². The van der Waals surface area contributed by atoms with Crippen molar-refractivity contribution in [2.24, 2.45) is 23.7 Å². The van der Waals surface area contributed by atoms with Crippen molar-refractivity contribution in [2.75, 3.05) is 11.5 Å². The minimum absolute atomic E-state index is 0.114. The molecule has 1 aromatic carbocycles. The van der Waals surface area contributed by atoms with Gasteiger partial charge in [0.15, 0.2) is 5.13 Å². The fourth-order valence-electron chi connectivity index (χ4n) is 4.33. The number of hydrogen-bond donors (Lipinski definition) is 0. The normalized spacial score (nSPS) is 29.5. The van der Waals surface area contributed by atoms with Gasteiger partial charge < -0.3 is 4.74 Å². The van der Waals surface area contributed by atoms with Crippen LogP contribution in [0.15, 0.2) is 30.4 Å². The highest BCUT2D eigenvalue weighted by molar-refractivity contribution is 7.22. The maximum atomic E-state index is 12.9. The van der Waals surface area contributed by atoms with Crippen molar-refractivity contribution in [3.8, 4) is 18.1 Å². The van der Waals surface area contributed by atoms with Gasteiger partial charge in [-0.25, -0.2) is 9.88 Å². The van der Waals surface area contributed by atoms with Gasteiger partial charge in [0.25, 0.3) is 0 Å². The third kappa shape index (κ3) is 1.93. The van der Waals surface area contributed by atoms with E-state index in [2.05, 4.69) is 23.1 Å². The van der Waals surface area contributed by atoms with E-state index < -0.39 is 0 Å². The van der Waals surface area contributed by atoms with Crippen LogP contribution in [0, 0.1) is 36.0 Å². The molecule has 2 aliphatic carbocycles. The molecule has 0 radical (unpaired) electrons. The van der Waals surface area contributed by atoms with Crippen LogP contribution in [-0.2, 0) is 9.59 Å². The molecule has 124 valence electrons. The summed E-state index contributed by atoms with van der Waals surface area (Å²) in [5.41, 5.74) is 0.636. The topological polar surface area (TPSA) is 59.5 Å². The monoisotopic (exact) mass is 350 g/mol. The quantitative estimate of drug-likeness (QED) is 0.485. The molecule has 1 saturated heterocycles. The van der Waals surface area contributed by atoms with Crippen LogP contribution in [0.4, 0.5) is 5.13 Å². The fourth-order valence-corrected chi connectivity index (χ4v) is 5.33. The second-order valence-electron chi connectivity index (χ2n) is 6.60. The summed E-state index contributed by atoms with van der Waals surface area (Å²) in [4.78, 5) is 31.6. The predicted octanol–water partition coefficient (Wildman–Crippen LogP) is 2.62. The standard InChI is InChI=1S/C19H14N2O3S/c1-2-8-24-12-4-3-5-13-16(12)20-19(25-13)21-17(22)14-10-6-7-11(9-10)15(14)18(21)23/h1,3-7,10-11,14-15H,8-9H2/t10?,11?,14-,15+. The van der Waals surface area contributed by atoms with E-state index in [1.165, 1.54) is 16.2 Å². The SMILES string of the molecule is C#CCOc1cccc2sc(N3C(=O)[C@@H]4C5C=CC(C5)[C@@H]4C3=O)nc12. The van der Waals surface area contributed by atoms with Crippen molar-refractivity contribution in [1.82, 2.24) is 4.98 Å². The molecular weight excluding hydrogens is 336 g/mol. The first-order chi connectivity index (χ1) is 12.2. The van der Waals surface area contributed by atoms with Crippen LogP contribution in [0.3, 0.4) is 0 Å². The number of ether oxygens (including phenoxy) is 1. The van der Waals surface area contributed by atoms with Gasteiger partial charge in [-0.2, -0.15) is 0 Å². The molecular formula is C19H14N2O3S. The van der Waals surface area contributed by atoms with Gasteiger partial charge in [0, 0.05) is 0 Å². The van der Waals surface area contributed by atoms with Crippen molar-refractivity contribution in [2.45, 2.75) is 6.42 Å². The van der Waals surface area contributed by atoms with Gasteiger partial charge in [-0.15, -0.1) is 6.42 Å². The number of para-hydroxylation sites is 1. The van der Waals surface area contributed by atoms with Crippen LogP contribution in [0.25, 0.3) is 10.2 Å². The zero-order valence-electron chi connectivity index (χ0n) is 13.2. The molecule has 6 heteroatoms. The summed E-state index contributed by atoms with van der Waals surface area (Å²) < 4.78 is 6.39. The molecule has 0 spiro atoms. The van der Waals surface area contributed by atoms with E-state index in [4.69, 9.17) is 11.2 Å². The third-order valence-corrected chi connectivity index (χ3v) is 6.35. The van der Waals surface area contributed by atoms with Crippen LogP contribution < -0.4 is 9.64 Å². The molecule has 1 aliphatic heterocycles. The summed E-state index contributed by atoms with van der Waals surface area (Å²) >= 11 is 1.33. The molecule has 2 heterocycles. The number of terminal acetylenes is 1. The lowest BCUT2D eigenvalue weighted by Crippen LogP contribution is -2.32. The number of nitrogens with zero attached hydrogens (tertiary/aromatic N) is 2. The summed E-state index contributed by atoms with van der Waals surface area (Å²) in [5.74, 6) is 2.73. The van der Waals surface area contributed by atoms with Gasteiger partial charge >= 0.3 is 0 Å². The van der Waals surface area contributed by atoms with Crippen molar-refractivity contribution >= 4 is 38.5 Å². The van der Waals surface area contributed by atoms with Crippen molar-refractivity contribution in [1.29, 1.82) is 0 Å². The Hall–Kier alpha value is -2.65. The average Bonchev–Trinajstić information content (AvgIpc) is 3.35. The number of carbonyl (C=O) groups excluding carboxylic acids is 2. The Morgan fingerprint density at radius 1 is 1.24 bits per heavy atom. The largest absolute Gasteiger partial charge is 0.479 e. The Bertz CT molecular complexity index is 956. The Morgan fingerprint density at radius 3 is 2.64 bits per heavy atom. The number of anilines is 1. The van der Waals surface area contributed by atoms with Gasteiger partial charge in [-0.3, -0.25) is 9.59 Å². The summed E-state index contributed by atoms with van der Waals surface area (Å²) in [5, 5.41) is 0.426. The molecule has 2 fully saturated rings. The van der Waals surface area contributed by atoms with Gasteiger partial charge in [0.05, 0.1) is 16.5 Å². The lowest BCUT2D eigenvalue weighted by molar-refractivity contribution is -0.123. The number of benzene rings is 1. The Labute approximate surface area is 148 Å². The maximum Gasteiger partial charge on any atom is 0.240 e. The molecule has 5 nitrogen and oxygen atoms in total. The Kier molecular flexibility index (Phi) is 3.03. The predicted molar refractivity (Wildman–Crippen MR) is 94.2 cm³/mol. The number of fused-ring (bicyclic) bond motifs is 6. The van der Waals surface area contributed by atoms with Gasteiger partial charge in [0.1, 0.15) is 17.9 Å². The number of rotatable bonds is 3. The molecule has 3 aliphatic rings. The molecule has 4 atom stereocenters. The van der Waals surface area contributed by atoms with Crippen molar-refractivity contribution in [3.63, 3.8) is 0 Å². The number of thiazole rings is 1. The zero-order chi connectivity index (χ0) is 17.1. The molecule has 5 rings (SSSR count). The Balaban J connectivity index is 1.55. The molecule has 2 unspecified atom stereocenters. The number of carbonyl (C=O) groups is 2. The number of amides is 2. The first kappa shape index (κ1) is 14.7. The first-order valence-corrected chi connectivity index (χ1v) is 9.02. The van der Waals surface area contributed by atoms with Crippen molar-refractivity contribution in [3.05, 3.63) is 30.4 Å². The second kappa shape index (κ2) is 5.17. The lowest BCUT2D eigenvalue weighted by Gasteiger charge is -2.14. The van der Waals surface area contributed by atoms with Crippen LogP contribution >= 0.6 is 11.3 Å². The highest BCUT2D eigenvalue weighted by atomic mass is 32.1. The summed E-state index contributed by atoms with van der Waals surface area (Å²) in [6.45, 7) is 0.146. The van der Waals surface area contributed by atoms with Gasteiger partial charge in [0.2, 0.25) is 11.8 Å². The summed E-state index contributed by atoms with van der Waals surface area (Å²) in [6.07, 6.45) is 10.3. The van der Waals surface area contributed by atoms with E-state index in [9.17, 15) is 9.59 Å². The minimum Gasteiger partial charge on any atom is -0.479 e. The third-order valence-electron chi connectivity index (χ3n) is 5.34. The van der Waals surface area contributed by atoms with E-state index in [1.807, 2.05) is 12.1 Å². The lowest BCUT2D eigenvalue weighted by atomic mass is 9.85. The molecule has 2 amide bonds. The van der Waals surface area contributed by atoms with Crippen LogP contribution in [0.1, 0.15) is 6.42 Å². The number of hydrogen-bond acceptors (Lipinski definition) is 5. The molecule has 1 aromatic heterocycles. The van der Waals surface area contributed by atoms with E-state index in [1.54, 1.807) is 6.07 Å². The molecule has 0 N–H and O–H groups in total. The van der Waals surface area contributed by atoms with Crippen LogP contribution in [-0.4, -0.2) is 23.4 Å². The van der Waals surface area contributed by atoms with E-state index >= 15 is 0 Å². The summed E-state index contributed by atoms with van der Waals surface area (Å²) in [7, 11) is 0. The van der Waals surface area contributed by atoms with E-state index in [0.717, 1.165) is 11.1 Å².